The third kappa shape index (κ3) is 3.83. The van der Waals surface area contributed by atoms with E-state index in [2.05, 4.69) is 26.2 Å². The van der Waals surface area contributed by atoms with Crippen molar-refractivity contribution in [1.82, 2.24) is 4.98 Å². The molecule has 0 atom stereocenters. The van der Waals surface area contributed by atoms with Crippen LogP contribution in [0.2, 0.25) is 0 Å². The van der Waals surface area contributed by atoms with Crippen LogP contribution in [0, 0.1) is 10.1 Å². The van der Waals surface area contributed by atoms with Gasteiger partial charge in [0.1, 0.15) is 0 Å². The number of aromatic hydroxyl groups is 1. The fourth-order valence-electron chi connectivity index (χ4n) is 2.10. The highest BCUT2D eigenvalue weighted by Gasteiger charge is 2.17. The zero-order valence-electron chi connectivity index (χ0n) is 12.5. The van der Waals surface area contributed by atoms with Crippen LogP contribution in [0.25, 0.3) is 11.3 Å². The highest BCUT2D eigenvalue weighted by atomic mass is 79.9. The summed E-state index contributed by atoms with van der Waals surface area (Å²) in [5, 5.41) is 25.1. The minimum Gasteiger partial charge on any atom is -0.502 e. The smallest absolute Gasteiger partial charge is 0.310 e. The van der Waals surface area contributed by atoms with Crippen molar-refractivity contribution in [2.45, 2.75) is 0 Å². The monoisotopic (exact) mass is 419 g/mol. The Balaban J connectivity index is 1.78. The molecule has 0 spiro atoms. The van der Waals surface area contributed by atoms with Crippen LogP contribution < -0.4 is 5.32 Å². The van der Waals surface area contributed by atoms with Crippen molar-refractivity contribution in [2.75, 3.05) is 5.32 Å². The Morgan fingerprint density at radius 1 is 1.28 bits per heavy atom. The van der Waals surface area contributed by atoms with Gasteiger partial charge in [0, 0.05) is 27.0 Å². The number of carbonyl (C=O) groups excluding carboxylic acids is 1. The van der Waals surface area contributed by atoms with E-state index in [4.69, 9.17) is 0 Å². The van der Waals surface area contributed by atoms with E-state index in [1.54, 1.807) is 0 Å². The maximum atomic E-state index is 12.2. The lowest BCUT2D eigenvalue weighted by molar-refractivity contribution is -0.385. The van der Waals surface area contributed by atoms with Crippen molar-refractivity contribution in [3.63, 3.8) is 0 Å². The van der Waals surface area contributed by atoms with Crippen LogP contribution in [-0.4, -0.2) is 20.9 Å². The number of halogens is 1. The second-order valence-electron chi connectivity index (χ2n) is 4.96. The van der Waals surface area contributed by atoms with Crippen LogP contribution in [0.3, 0.4) is 0 Å². The van der Waals surface area contributed by atoms with Gasteiger partial charge in [0.15, 0.2) is 10.9 Å². The summed E-state index contributed by atoms with van der Waals surface area (Å²) in [7, 11) is 0. The largest absolute Gasteiger partial charge is 0.502 e. The van der Waals surface area contributed by atoms with Gasteiger partial charge in [-0.05, 0) is 24.3 Å². The topological polar surface area (TPSA) is 105 Å². The lowest BCUT2D eigenvalue weighted by atomic mass is 10.2. The van der Waals surface area contributed by atoms with Crippen LogP contribution in [0.1, 0.15) is 10.4 Å². The Hall–Kier alpha value is -2.78. The number of rotatable bonds is 4. The third-order valence-electron chi connectivity index (χ3n) is 3.28. The summed E-state index contributed by atoms with van der Waals surface area (Å²) in [5.41, 5.74) is 1.26. The van der Waals surface area contributed by atoms with Gasteiger partial charge in [0.2, 0.25) is 0 Å². The zero-order valence-corrected chi connectivity index (χ0v) is 14.9. The Bertz CT molecular complexity index is 974. The van der Waals surface area contributed by atoms with Crippen LogP contribution in [-0.2, 0) is 0 Å². The molecular weight excluding hydrogens is 410 g/mol. The number of phenols is 1. The average molecular weight is 420 g/mol. The predicted molar refractivity (Wildman–Crippen MR) is 98.0 cm³/mol. The van der Waals surface area contributed by atoms with Crippen molar-refractivity contribution in [3.05, 3.63) is 68.0 Å². The van der Waals surface area contributed by atoms with E-state index in [9.17, 15) is 20.0 Å². The average Bonchev–Trinajstić information content (AvgIpc) is 3.03. The van der Waals surface area contributed by atoms with Crippen LogP contribution >= 0.6 is 27.3 Å². The van der Waals surface area contributed by atoms with Crippen molar-refractivity contribution in [2.24, 2.45) is 0 Å². The highest BCUT2D eigenvalue weighted by molar-refractivity contribution is 9.10. The zero-order chi connectivity index (χ0) is 18.0. The number of hydrogen-bond donors (Lipinski definition) is 2. The van der Waals surface area contributed by atoms with E-state index in [0.717, 1.165) is 22.2 Å². The Kier molecular flexibility index (Phi) is 4.77. The molecule has 2 N–H and O–H groups in total. The van der Waals surface area contributed by atoms with E-state index < -0.39 is 22.3 Å². The molecule has 0 unspecified atom stereocenters. The Morgan fingerprint density at radius 2 is 2.08 bits per heavy atom. The number of carbonyl (C=O) groups is 1. The summed E-state index contributed by atoms with van der Waals surface area (Å²) >= 11 is 4.65. The number of nitrogens with one attached hydrogen (secondary N) is 1. The van der Waals surface area contributed by atoms with E-state index >= 15 is 0 Å². The molecule has 1 amide bonds. The molecule has 2 aromatic carbocycles. The molecule has 7 nitrogen and oxygen atoms in total. The van der Waals surface area contributed by atoms with Crippen molar-refractivity contribution in [1.29, 1.82) is 0 Å². The quantitative estimate of drug-likeness (QED) is 0.480. The van der Waals surface area contributed by atoms with E-state index in [1.807, 2.05) is 29.6 Å². The molecule has 0 radical (unpaired) electrons. The number of thiazole rings is 1. The summed E-state index contributed by atoms with van der Waals surface area (Å²) in [6, 6.07) is 11.0. The van der Waals surface area contributed by atoms with Gasteiger partial charge in [-0.3, -0.25) is 20.2 Å². The molecule has 9 heteroatoms. The molecule has 0 fully saturated rings. The number of phenolic OH excluding ortho intramolecular Hbond substituents is 1. The standard InChI is InChI=1S/C16H10BrN3O4S/c17-11-3-1-2-9(6-11)12-8-25-16(18-12)19-15(22)10-4-5-13(20(23)24)14(21)7-10/h1-8,21H,(H,18,19,22). The number of nitro benzene ring substituents is 1. The summed E-state index contributed by atoms with van der Waals surface area (Å²) < 4.78 is 0.921. The van der Waals surface area contributed by atoms with Gasteiger partial charge in [-0.1, -0.05) is 28.1 Å². The molecule has 25 heavy (non-hydrogen) atoms. The van der Waals surface area contributed by atoms with Gasteiger partial charge in [-0.25, -0.2) is 4.98 Å². The third-order valence-corrected chi connectivity index (χ3v) is 4.53. The SMILES string of the molecule is O=C(Nc1nc(-c2cccc(Br)c2)cs1)c1ccc([N+](=O)[O-])c(O)c1. The number of benzene rings is 2. The minimum absolute atomic E-state index is 0.0994. The first-order valence-electron chi connectivity index (χ1n) is 6.94. The van der Waals surface area contributed by atoms with Crippen LogP contribution in [0.5, 0.6) is 5.75 Å². The summed E-state index contributed by atoms with van der Waals surface area (Å²) in [5.74, 6) is -1.08. The molecule has 0 aliphatic carbocycles. The van der Waals surface area contributed by atoms with Gasteiger partial charge in [-0.15, -0.1) is 11.3 Å². The lowest BCUT2D eigenvalue weighted by Crippen LogP contribution is -2.11. The number of aromatic nitrogens is 1. The maximum Gasteiger partial charge on any atom is 0.310 e. The molecule has 3 aromatic rings. The van der Waals surface area contributed by atoms with Crippen molar-refractivity contribution >= 4 is 44.0 Å². The predicted octanol–water partition coefficient (Wildman–Crippen LogP) is 4.44. The molecular formula is C16H10BrN3O4S. The normalized spacial score (nSPS) is 10.4. The van der Waals surface area contributed by atoms with Gasteiger partial charge in [0.05, 0.1) is 10.6 Å². The molecule has 3 rings (SSSR count). The molecule has 126 valence electrons. The Labute approximate surface area is 154 Å². The van der Waals surface area contributed by atoms with Crippen LogP contribution in [0.15, 0.2) is 52.3 Å². The number of amides is 1. The number of nitrogens with zero attached hydrogens (tertiary/aromatic N) is 2. The molecule has 0 saturated heterocycles. The summed E-state index contributed by atoms with van der Waals surface area (Å²) in [6.45, 7) is 0. The van der Waals surface area contributed by atoms with Crippen molar-refractivity contribution in [3.8, 4) is 17.0 Å². The second-order valence-corrected chi connectivity index (χ2v) is 6.74. The first-order chi connectivity index (χ1) is 11.9. The van der Waals surface area contributed by atoms with Gasteiger partial charge in [-0.2, -0.15) is 0 Å². The fourth-order valence-corrected chi connectivity index (χ4v) is 3.21. The summed E-state index contributed by atoms with van der Waals surface area (Å²) in [6.07, 6.45) is 0. The van der Waals surface area contributed by atoms with Crippen molar-refractivity contribution < 1.29 is 14.8 Å². The maximum absolute atomic E-state index is 12.2. The molecule has 0 aliphatic heterocycles. The first kappa shape index (κ1) is 17.1. The minimum atomic E-state index is -0.720. The molecule has 0 aliphatic rings. The van der Waals surface area contributed by atoms with Crippen LogP contribution in [0.4, 0.5) is 10.8 Å². The van der Waals surface area contributed by atoms with Gasteiger partial charge >= 0.3 is 5.69 Å². The van der Waals surface area contributed by atoms with Gasteiger partial charge in [0.25, 0.3) is 5.91 Å². The number of nitro groups is 1. The van der Waals surface area contributed by atoms with E-state index in [-0.39, 0.29) is 5.56 Å². The second kappa shape index (κ2) is 6.99. The summed E-state index contributed by atoms with van der Waals surface area (Å²) in [4.78, 5) is 26.5. The molecule has 0 bridgehead atoms. The van der Waals surface area contributed by atoms with Gasteiger partial charge < -0.3 is 5.11 Å². The lowest BCUT2D eigenvalue weighted by Gasteiger charge is -2.03. The van der Waals surface area contributed by atoms with E-state index in [1.165, 1.54) is 17.4 Å². The number of hydrogen-bond acceptors (Lipinski definition) is 6. The molecule has 1 heterocycles. The first-order valence-corrected chi connectivity index (χ1v) is 8.61. The fraction of sp³-hybridized carbons (Fsp3) is 0. The highest BCUT2D eigenvalue weighted by Crippen LogP contribution is 2.29. The van der Waals surface area contributed by atoms with E-state index in [0.29, 0.717) is 10.8 Å². The molecule has 0 saturated carbocycles. The molecule has 1 aromatic heterocycles. The Morgan fingerprint density at radius 3 is 2.76 bits per heavy atom. The number of anilines is 1.